The molecule has 2 N–H and O–H groups in total. The number of rotatable bonds is 8. The fraction of sp³-hybridized carbons (Fsp3) is 0.417. The number of fused-ring (bicyclic) bond motifs is 1. The molecule has 1 aromatic carbocycles. The van der Waals surface area contributed by atoms with Gasteiger partial charge in [-0.15, -0.1) is 5.10 Å². The molecule has 11 nitrogen and oxygen atoms in total. The number of primary amides is 1. The molecule has 1 fully saturated rings. The third-order valence-electron chi connectivity index (χ3n) is 6.14. The number of hydrogen-bond donors (Lipinski definition) is 1. The van der Waals surface area contributed by atoms with Crippen molar-refractivity contribution in [1.29, 1.82) is 0 Å². The number of carbonyl (C=O) groups excluding carboxylic acids is 2. The van der Waals surface area contributed by atoms with E-state index in [2.05, 4.69) is 10.1 Å². The van der Waals surface area contributed by atoms with Crippen molar-refractivity contribution in [3.05, 3.63) is 47.8 Å². The number of ether oxygens (including phenoxy) is 2. The average Bonchev–Trinajstić information content (AvgIpc) is 3.33. The van der Waals surface area contributed by atoms with Crippen molar-refractivity contribution in [1.82, 2.24) is 19.5 Å². The summed E-state index contributed by atoms with van der Waals surface area (Å²) in [5, 5.41) is 4.25. The number of nitrogens with zero attached hydrogens (tertiary/aromatic N) is 6. The Morgan fingerprint density at radius 1 is 1.13 bits per heavy atom. The van der Waals surface area contributed by atoms with Crippen LogP contribution in [0, 0.1) is 0 Å². The maximum Gasteiger partial charge on any atom is 0.435 e. The standard InChI is InChI=1S/C24H28F3N7O4/c1-3-38-21(35)15-33(14-16-4-6-17(37-2)7-5-16)18-12-20(31-8-10-32(11-9-31)23(28)36)30-34-19(24(25,26)27)13-29-22(18)34/h4-7,12-13H,3,8-11,14-15H2,1-2H3,(H2,28,36). The number of esters is 1. The monoisotopic (exact) mass is 535 g/mol. The number of urea groups is 1. The zero-order valence-electron chi connectivity index (χ0n) is 20.9. The Kier molecular flexibility index (Phi) is 7.78. The Hall–Kier alpha value is -4.23. The minimum Gasteiger partial charge on any atom is -0.497 e. The SMILES string of the molecule is CCOC(=O)CN(Cc1ccc(OC)cc1)c1cc(N2CCN(C(N)=O)CC2)nn2c(C(F)(F)F)cnc12. The number of methoxy groups -OCH3 is 1. The van der Waals surface area contributed by atoms with Crippen molar-refractivity contribution in [3.63, 3.8) is 0 Å². The van der Waals surface area contributed by atoms with Gasteiger partial charge in [-0.25, -0.2) is 14.3 Å². The smallest absolute Gasteiger partial charge is 0.435 e. The van der Waals surface area contributed by atoms with E-state index >= 15 is 0 Å². The molecule has 204 valence electrons. The van der Waals surface area contributed by atoms with Crippen LogP contribution in [0.3, 0.4) is 0 Å². The Morgan fingerprint density at radius 2 is 1.82 bits per heavy atom. The van der Waals surface area contributed by atoms with Crippen molar-refractivity contribution in [3.8, 4) is 5.75 Å². The number of amides is 2. The number of aromatic nitrogens is 3. The van der Waals surface area contributed by atoms with Crippen LogP contribution in [-0.4, -0.2) is 77.9 Å². The molecule has 14 heteroatoms. The van der Waals surface area contributed by atoms with Crippen LogP contribution in [0.4, 0.5) is 29.5 Å². The van der Waals surface area contributed by atoms with Gasteiger partial charge in [0.1, 0.15) is 12.3 Å². The fourth-order valence-corrected chi connectivity index (χ4v) is 4.22. The minimum absolute atomic E-state index is 0.0605. The van der Waals surface area contributed by atoms with Gasteiger partial charge in [0.15, 0.2) is 17.2 Å². The molecular weight excluding hydrogens is 507 g/mol. The van der Waals surface area contributed by atoms with Gasteiger partial charge in [-0.05, 0) is 24.6 Å². The Morgan fingerprint density at radius 3 is 2.39 bits per heavy atom. The number of benzene rings is 1. The zero-order valence-corrected chi connectivity index (χ0v) is 20.9. The largest absolute Gasteiger partial charge is 0.497 e. The summed E-state index contributed by atoms with van der Waals surface area (Å²) in [6, 6.07) is 8.13. The van der Waals surface area contributed by atoms with E-state index in [4.69, 9.17) is 15.2 Å². The average molecular weight is 536 g/mol. The number of anilines is 2. The van der Waals surface area contributed by atoms with Gasteiger partial charge in [-0.1, -0.05) is 12.1 Å². The summed E-state index contributed by atoms with van der Waals surface area (Å²) < 4.78 is 52.6. The van der Waals surface area contributed by atoms with Gasteiger partial charge in [0.05, 0.1) is 25.6 Å². The van der Waals surface area contributed by atoms with E-state index in [1.54, 1.807) is 47.1 Å². The van der Waals surface area contributed by atoms with Crippen LogP contribution in [-0.2, 0) is 22.3 Å². The first kappa shape index (κ1) is 26.8. The van der Waals surface area contributed by atoms with Crippen LogP contribution >= 0.6 is 0 Å². The third kappa shape index (κ3) is 5.84. The molecule has 3 aromatic rings. The molecule has 1 aliphatic rings. The van der Waals surface area contributed by atoms with Gasteiger partial charge >= 0.3 is 18.2 Å². The lowest BCUT2D eigenvalue weighted by Crippen LogP contribution is -2.50. The first-order valence-corrected chi connectivity index (χ1v) is 11.9. The molecule has 0 atom stereocenters. The van der Waals surface area contributed by atoms with Gasteiger partial charge in [0, 0.05) is 38.8 Å². The van der Waals surface area contributed by atoms with E-state index in [0.717, 1.165) is 16.3 Å². The highest BCUT2D eigenvalue weighted by atomic mass is 19.4. The number of halogens is 3. The lowest BCUT2D eigenvalue weighted by molar-refractivity contribution is -0.143. The molecular formula is C24H28F3N7O4. The van der Waals surface area contributed by atoms with Gasteiger partial charge in [0.25, 0.3) is 0 Å². The second kappa shape index (κ2) is 11.0. The summed E-state index contributed by atoms with van der Waals surface area (Å²) in [6.07, 6.45) is -3.99. The van der Waals surface area contributed by atoms with Crippen LogP contribution in [0.2, 0.25) is 0 Å². The normalized spacial score (nSPS) is 14.0. The van der Waals surface area contributed by atoms with Crippen LogP contribution in [0.5, 0.6) is 5.75 Å². The number of nitrogens with two attached hydrogens (primary N) is 1. The highest BCUT2D eigenvalue weighted by Gasteiger charge is 2.37. The molecule has 0 aliphatic carbocycles. The van der Waals surface area contributed by atoms with E-state index in [1.807, 2.05) is 0 Å². The number of alkyl halides is 3. The molecule has 1 aliphatic heterocycles. The van der Waals surface area contributed by atoms with Crippen LogP contribution < -0.4 is 20.3 Å². The second-order valence-electron chi connectivity index (χ2n) is 8.59. The van der Waals surface area contributed by atoms with Crippen LogP contribution in [0.15, 0.2) is 36.5 Å². The summed E-state index contributed by atoms with van der Waals surface area (Å²) in [5.41, 5.74) is 5.31. The van der Waals surface area contributed by atoms with Crippen molar-refractivity contribution in [2.24, 2.45) is 5.73 Å². The van der Waals surface area contributed by atoms with Gasteiger partial charge in [0.2, 0.25) is 0 Å². The lowest BCUT2D eigenvalue weighted by Gasteiger charge is -2.35. The van der Waals surface area contributed by atoms with Crippen LogP contribution in [0.1, 0.15) is 18.2 Å². The second-order valence-corrected chi connectivity index (χ2v) is 8.59. The summed E-state index contributed by atoms with van der Waals surface area (Å²) in [5.74, 6) is 0.330. The fourth-order valence-electron chi connectivity index (χ4n) is 4.22. The molecule has 3 heterocycles. The molecule has 0 spiro atoms. The molecule has 4 rings (SSSR count). The highest BCUT2D eigenvalue weighted by Crippen LogP contribution is 2.34. The Balaban J connectivity index is 1.80. The van der Waals surface area contributed by atoms with E-state index in [1.165, 1.54) is 12.0 Å². The molecule has 0 saturated carbocycles. The van der Waals surface area contributed by atoms with E-state index in [0.29, 0.717) is 31.9 Å². The predicted molar refractivity (Wildman–Crippen MR) is 132 cm³/mol. The van der Waals surface area contributed by atoms with Crippen molar-refractivity contribution < 1.29 is 32.2 Å². The van der Waals surface area contributed by atoms with Gasteiger partial charge in [-0.3, -0.25) is 4.79 Å². The minimum atomic E-state index is -4.71. The predicted octanol–water partition coefficient (Wildman–Crippen LogP) is 2.53. The Labute approximate surface area is 216 Å². The first-order chi connectivity index (χ1) is 18.1. The molecule has 38 heavy (non-hydrogen) atoms. The maximum absolute atomic E-state index is 13.9. The number of imidazole rings is 1. The van der Waals surface area contributed by atoms with Crippen molar-refractivity contribution in [2.75, 3.05) is 56.2 Å². The van der Waals surface area contributed by atoms with E-state index in [9.17, 15) is 22.8 Å². The quantitative estimate of drug-likeness (QED) is 0.437. The topological polar surface area (TPSA) is 119 Å². The third-order valence-corrected chi connectivity index (χ3v) is 6.14. The number of piperazine rings is 1. The number of hydrogen-bond acceptors (Lipinski definition) is 8. The maximum atomic E-state index is 13.9. The van der Waals surface area contributed by atoms with Gasteiger partial charge < -0.3 is 29.9 Å². The highest BCUT2D eigenvalue weighted by molar-refractivity contribution is 5.80. The summed E-state index contributed by atoms with van der Waals surface area (Å²) in [7, 11) is 1.54. The first-order valence-electron chi connectivity index (χ1n) is 11.9. The molecule has 0 unspecified atom stereocenters. The molecule has 0 radical (unpaired) electrons. The van der Waals surface area contributed by atoms with E-state index in [-0.39, 0.29) is 36.8 Å². The molecule has 2 amide bonds. The van der Waals surface area contributed by atoms with Gasteiger partial charge in [-0.2, -0.15) is 13.2 Å². The lowest BCUT2D eigenvalue weighted by atomic mass is 10.2. The summed E-state index contributed by atoms with van der Waals surface area (Å²) in [6.45, 7) is 2.97. The Bertz CT molecular complexity index is 1290. The van der Waals surface area contributed by atoms with Crippen molar-refractivity contribution in [2.45, 2.75) is 19.6 Å². The molecule has 0 bridgehead atoms. The van der Waals surface area contributed by atoms with Crippen LogP contribution in [0.25, 0.3) is 5.65 Å². The summed E-state index contributed by atoms with van der Waals surface area (Å²) >= 11 is 0. The molecule has 1 saturated heterocycles. The summed E-state index contributed by atoms with van der Waals surface area (Å²) in [4.78, 5) is 32.9. The van der Waals surface area contributed by atoms with Crippen molar-refractivity contribution >= 4 is 29.2 Å². The van der Waals surface area contributed by atoms with E-state index < -0.39 is 23.9 Å². The molecule has 2 aromatic heterocycles. The zero-order chi connectivity index (χ0) is 27.4. The number of carbonyl (C=O) groups is 2.